The first-order valence-corrected chi connectivity index (χ1v) is 10.6. The quantitative estimate of drug-likeness (QED) is 0.346. The maximum Gasteiger partial charge on any atom is 0.407 e. The third kappa shape index (κ3) is 4.63. The smallest absolute Gasteiger partial charge is 0.407 e. The van der Waals surface area contributed by atoms with E-state index < -0.39 is 6.09 Å². The van der Waals surface area contributed by atoms with Crippen LogP contribution in [-0.2, 0) is 11.8 Å². The van der Waals surface area contributed by atoms with Crippen LogP contribution in [0.3, 0.4) is 0 Å². The van der Waals surface area contributed by atoms with Crippen molar-refractivity contribution in [2.24, 2.45) is 7.05 Å². The summed E-state index contributed by atoms with van der Waals surface area (Å²) < 4.78 is 7.20. The van der Waals surface area contributed by atoms with E-state index in [9.17, 15) is 14.4 Å². The molecule has 0 bridgehead atoms. The highest BCUT2D eigenvalue weighted by molar-refractivity contribution is 6.08. The van der Waals surface area contributed by atoms with Gasteiger partial charge in [-0.2, -0.15) is 10.2 Å². The maximum absolute atomic E-state index is 12.8. The largest absolute Gasteiger partial charge is 0.446 e. The summed E-state index contributed by atoms with van der Waals surface area (Å²) in [6.45, 7) is 3.77. The Morgan fingerprint density at radius 2 is 2.09 bits per heavy atom. The number of aryl methyl sites for hydroxylation is 1. The monoisotopic (exact) mass is 439 g/mol. The molecule has 10 nitrogen and oxygen atoms in total. The van der Waals surface area contributed by atoms with E-state index in [4.69, 9.17) is 4.74 Å². The molecule has 1 aromatic carbocycles. The normalized spacial score (nSPS) is 18.1. The number of aldehydes is 1. The van der Waals surface area contributed by atoms with Gasteiger partial charge in [-0.15, -0.1) is 4.68 Å². The first-order valence-electron chi connectivity index (χ1n) is 10.6. The molecule has 1 aliphatic rings. The topological polar surface area (TPSA) is 133 Å². The fourth-order valence-corrected chi connectivity index (χ4v) is 4.11. The number of amides is 2. The Kier molecular flexibility index (Phi) is 5.93. The Labute approximate surface area is 184 Å². The number of anilines is 1. The van der Waals surface area contributed by atoms with Crippen molar-refractivity contribution in [1.29, 1.82) is 0 Å². The molecule has 0 spiro atoms. The number of carbonyl (C=O) groups is 3. The molecule has 2 atom stereocenters. The molecule has 3 aromatic rings. The Morgan fingerprint density at radius 3 is 2.84 bits per heavy atom. The zero-order valence-corrected chi connectivity index (χ0v) is 18.3. The second kappa shape index (κ2) is 8.81. The molecule has 32 heavy (non-hydrogen) atoms. The van der Waals surface area contributed by atoms with Crippen LogP contribution in [0.2, 0.25) is 0 Å². The van der Waals surface area contributed by atoms with Crippen molar-refractivity contribution >= 4 is 35.0 Å². The average Bonchev–Trinajstić information content (AvgIpc) is 3.45. The van der Waals surface area contributed by atoms with E-state index in [-0.39, 0.29) is 24.0 Å². The van der Waals surface area contributed by atoms with Crippen LogP contribution < -0.4 is 15.3 Å². The summed E-state index contributed by atoms with van der Waals surface area (Å²) in [5, 5.41) is 16.5. The van der Waals surface area contributed by atoms with Crippen molar-refractivity contribution in [3.05, 3.63) is 41.2 Å². The lowest BCUT2D eigenvalue weighted by Gasteiger charge is -2.14. The van der Waals surface area contributed by atoms with E-state index >= 15 is 0 Å². The van der Waals surface area contributed by atoms with Crippen molar-refractivity contribution < 1.29 is 23.8 Å². The van der Waals surface area contributed by atoms with Gasteiger partial charge in [0.05, 0.1) is 5.39 Å². The highest BCUT2D eigenvalue weighted by Gasteiger charge is 2.30. The van der Waals surface area contributed by atoms with Crippen molar-refractivity contribution in [2.45, 2.75) is 51.2 Å². The summed E-state index contributed by atoms with van der Waals surface area (Å²) in [5.41, 5.74) is 2.35. The van der Waals surface area contributed by atoms with Crippen molar-refractivity contribution in [3.8, 4) is 0 Å². The van der Waals surface area contributed by atoms with Gasteiger partial charge in [0.2, 0.25) is 6.20 Å². The number of alkyl carbamates (subject to hydrolysis) is 1. The van der Waals surface area contributed by atoms with Crippen LogP contribution in [0.15, 0.2) is 24.4 Å². The number of H-pyrrole nitrogens is 2. The number of fused-ring (bicyclic) bond motifs is 1. The van der Waals surface area contributed by atoms with Crippen LogP contribution in [0.1, 0.15) is 65.4 Å². The lowest BCUT2D eigenvalue weighted by molar-refractivity contribution is -0.724. The summed E-state index contributed by atoms with van der Waals surface area (Å²) in [4.78, 5) is 36.0. The van der Waals surface area contributed by atoms with Gasteiger partial charge in [-0.3, -0.25) is 14.7 Å². The van der Waals surface area contributed by atoms with Crippen molar-refractivity contribution in [1.82, 2.24) is 20.6 Å². The second-order valence-electron chi connectivity index (χ2n) is 8.50. The van der Waals surface area contributed by atoms with E-state index in [0.717, 1.165) is 30.2 Å². The molecule has 2 amide bonds. The molecule has 2 heterocycles. The summed E-state index contributed by atoms with van der Waals surface area (Å²) in [7, 11) is 1.81. The summed E-state index contributed by atoms with van der Waals surface area (Å²) in [6, 6.07) is 5.11. The van der Waals surface area contributed by atoms with E-state index in [1.54, 1.807) is 22.9 Å². The van der Waals surface area contributed by atoms with E-state index in [2.05, 4.69) is 25.9 Å². The second-order valence-corrected chi connectivity index (χ2v) is 8.50. The number of carbonyl (C=O) groups excluding carboxylic acids is 3. The van der Waals surface area contributed by atoms with Crippen LogP contribution in [-0.4, -0.2) is 45.7 Å². The molecule has 168 valence electrons. The summed E-state index contributed by atoms with van der Waals surface area (Å²) in [5.74, 6) is 0.219. The molecule has 1 aliphatic carbocycles. The fraction of sp³-hybridized carbons (Fsp3) is 0.409. The molecule has 4 rings (SSSR count). The molecule has 4 N–H and O–H groups in total. The summed E-state index contributed by atoms with van der Waals surface area (Å²) >= 11 is 0. The predicted molar refractivity (Wildman–Crippen MR) is 117 cm³/mol. The van der Waals surface area contributed by atoms with Crippen LogP contribution in [0, 0.1) is 0 Å². The van der Waals surface area contributed by atoms with Gasteiger partial charge in [0, 0.05) is 34.8 Å². The summed E-state index contributed by atoms with van der Waals surface area (Å²) in [6.07, 6.45) is 4.33. The van der Waals surface area contributed by atoms with Crippen LogP contribution in [0.4, 0.5) is 10.6 Å². The number of benzene rings is 1. The van der Waals surface area contributed by atoms with Crippen LogP contribution in [0.25, 0.3) is 10.9 Å². The lowest BCUT2D eigenvalue weighted by Crippen LogP contribution is -2.33. The third-order valence-corrected chi connectivity index (χ3v) is 5.55. The molecule has 0 aliphatic heterocycles. The average molecular weight is 439 g/mol. The molecule has 0 radical (unpaired) electrons. The lowest BCUT2D eigenvalue weighted by atomic mass is 10.0. The van der Waals surface area contributed by atoms with Gasteiger partial charge in [0.1, 0.15) is 11.6 Å². The highest BCUT2D eigenvalue weighted by atomic mass is 16.6. The number of hydrogen-bond donors (Lipinski definition) is 4. The van der Waals surface area contributed by atoms with E-state index in [1.165, 1.54) is 0 Å². The minimum absolute atomic E-state index is 0.0295. The first-order chi connectivity index (χ1) is 15.3. The molecule has 1 saturated carbocycles. The van der Waals surface area contributed by atoms with Gasteiger partial charge in [-0.05, 0) is 45.2 Å². The number of nitrogens with zero attached hydrogens (tertiary/aromatic N) is 2. The van der Waals surface area contributed by atoms with Crippen molar-refractivity contribution in [2.75, 3.05) is 5.32 Å². The van der Waals surface area contributed by atoms with Gasteiger partial charge in [0.15, 0.2) is 19.2 Å². The van der Waals surface area contributed by atoms with Gasteiger partial charge in [-0.1, -0.05) is 0 Å². The molecule has 1 fully saturated rings. The standard InChI is InChI=1S/C22H26N6O4/c1-12(2)23-22(31)32-17-5-4-13(8-17)18-9-19(26-25-18)24-21(30)14-6-15-10-28(3)27-20(15)16(7-14)11-29/h6-7,9-13,17H,4-5,8H2,1-3H3,(H3,23,24,25,26,30,31)/p+1/t13-,17+/m0/s1. The van der Waals surface area contributed by atoms with Crippen LogP contribution in [0.5, 0.6) is 0 Å². The molecule has 0 saturated heterocycles. The Bertz CT molecular complexity index is 1160. The zero-order valence-electron chi connectivity index (χ0n) is 18.3. The fourth-order valence-electron chi connectivity index (χ4n) is 4.11. The SMILES string of the molecule is CC(C)NC(=O)O[C@@H]1CC[C@H](c2cc(NC(=O)c3cc(C=O)c4[nH][n+](C)cc4c3)n[nH]2)C1. The van der Waals surface area contributed by atoms with Gasteiger partial charge >= 0.3 is 6.09 Å². The number of aromatic amines is 2. The predicted octanol–water partition coefficient (Wildman–Crippen LogP) is 2.55. The molecule has 10 heteroatoms. The van der Waals surface area contributed by atoms with Gasteiger partial charge < -0.3 is 15.4 Å². The Balaban J connectivity index is 1.40. The zero-order chi connectivity index (χ0) is 22.8. The highest BCUT2D eigenvalue weighted by Crippen LogP contribution is 2.35. The van der Waals surface area contributed by atoms with E-state index in [1.807, 2.05) is 27.1 Å². The van der Waals surface area contributed by atoms with Crippen LogP contribution >= 0.6 is 0 Å². The minimum atomic E-state index is -0.397. The molecule has 0 unspecified atom stereocenters. The number of aromatic nitrogens is 4. The number of hydrogen-bond acceptors (Lipinski definition) is 5. The number of ether oxygens (including phenoxy) is 1. The van der Waals surface area contributed by atoms with Gasteiger partial charge in [0.25, 0.3) is 5.91 Å². The Morgan fingerprint density at radius 1 is 1.28 bits per heavy atom. The molecular weight excluding hydrogens is 412 g/mol. The Hall–Kier alpha value is -3.69. The molecule has 2 aromatic heterocycles. The third-order valence-electron chi connectivity index (χ3n) is 5.55. The van der Waals surface area contributed by atoms with Gasteiger partial charge in [-0.25, -0.2) is 4.79 Å². The maximum atomic E-state index is 12.8. The number of nitrogens with one attached hydrogen (secondary N) is 4. The first kappa shape index (κ1) is 21.5. The van der Waals surface area contributed by atoms with Crippen molar-refractivity contribution in [3.63, 3.8) is 0 Å². The minimum Gasteiger partial charge on any atom is -0.446 e. The number of rotatable bonds is 6. The molecular formula is C22H27N6O4+. The van der Waals surface area contributed by atoms with E-state index in [0.29, 0.717) is 28.9 Å².